The Balaban J connectivity index is 1.31. The SMILES string of the molecule is CN1CCN(CCNC(=O)Nc2nc3ccccc3s2)C(c2ccccc2)C1. The van der Waals surface area contributed by atoms with E-state index in [4.69, 9.17) is 0 Å². The number of likely N-dealkylation sites (N-methyl/N-ethyl adjacent to an activating group) is 1. The third-order valence-corrected chi connectivity index (χ3v) is 6.03. The maximum atomic E-state index is 12.3. The fraction of sp³-hybridized carbons (Fsp3) is 0.333. The van der Waals surface area contributed by atoms with Gasteiger partial charge >= 0.3 is 6.03 Å². The first kappa shape index (κ1) is 18.9. The maximum Gasteiger partial charge on any atom is 0.321 e. The van der Waals surface area contributed by atoms with Gasteiger partial charge < -0.3 is 10.2 Å². The van der Waals surface area contributed by atoms with Crippen molar-refractivity contribution in [2.24, 2.45) is 0 Å². The van der Waals surface area contributed by atoms with Gasteiger partial charge in [-0.1, -0.05) is 53.8 Å². The molecule has 0 aliphatic carbocycles. The predicted octanol–water partition coefficient (Wildman–Crippen LogP) is 3.41. The quantitative estimate of drug-likeness (QED) is 0.695. The Labute approximate surface area is 169 Å². The molecule has 1 fully saturated rings. The van der Waals surface area contributed by atoms with Gasteiger partial charge in [-0.05, 0) is 24.7 Å². The van der Waals surface area contributed by atoms with Gasteiger partial charge in [-0.25, -0.2) is 9.78 Å². The summed E-state index contributed by atoms with van der Waals surface area (Å²) in [5.41, 5.74) is 2.24. The van der Waals surface area contributed by atoms with Crippen molar-refractivity contribution < 1.29 is 4.79 Å². The minimum Gasteiger partial charge on any atom is -0.337 e. The van der Waals surface area contributed by atoms with Gasteiger partial charge in [0.2, 0.25) is 0 Å². The van der Waals surface area contributed by atoms with Crippen LogP contribution in [0.1, 0.15) is 11.6 Å². The van der Waals surface area contributed by atoms with Crippen LogP contribution in [0.3, 0.4) is 0 Å². The van der Waals surface area contributed by atoms with Crippen molar-refractivity contribution in [2.45, 2.75) is 6.04 Å². The van der Waals surface area contributed by atoms with Gasteiger partial charge in [0.05, 0.1) is 10.2 Å². The zero-order chi connectivity index (χ0) is 19.3. The van der Waals surface area contributed by atoms with Crippen molar-refractivity contribution in [1.29, 1.82) is 0 Å². The van der Waals surface area contributed by atoms with Crippen LogP contribution in [0.4, 0.5) is 9.93 Å². The van der Waals surface area contributed by atoms with E-state index in [9.17, 15) is 4.79 Å². The first-order chi connectivity index (χ1) is 13.7. The molecule has 3 aromatic rings. The van der Waals surface area contributed by atoms with Crippen molar-refractivity contribution in [2.75, 3.05) is 45.1 Å². The van der Waals surface area contributed by atoms with Crippen LogP contribution >= 0.6 is 11.3 Å². The van der Waals surface area contributed by atoms with Crippen LogP contribution < -0.4 is 10.6 Å². The third-order valence-electron chi connectivity index (χ3n) is 5.08. The molecule has 0 spiro atoms. The number of rotatable bonds is 5. The number of hydrogen-bond acceptors (Lipinski definition) is 5. The van der Waals surface area contributed by atoms with Crippen LogP contribution in [0, 0.1) is 0 Å². The van der Waals surface area contributed by atoms with Gasteiger partial charge in [-0.15, -0.1) is 0 Å². The smallest absolute Gasteiger partial charge is 0.321 e. The van der Waals surface area contributed by atoms with Gasteiger partial charge in [0.1, 0.15) is 0 Å². The summed E-state index contributed by atoms with van der Waals surface area (Å²) in [6.07, 6.45) is 0. The van der Waals surface area contributed by atoms with E-state index in [1.165, 1.54) is 16.9 Å². The largest absolute Gasteiger partial charge is 0.337 e. The number of aromatic nitrogens is 1. The Morgan fingerprint density at radius 3 is 2.75 bits per heavy atom. The van der Waals surface area contributed by atoms with Gasteiger partial charge in [0.25, 0.3) is 0 Å². The second kappa shape index (κ2) is 8.68. The van der Waals surface area contributed by atoms with E-state index in [1.54, 1.807) is 0 Å². The number of urea groups is 1. The van der Waals surface area contributed by atoms with Crippen molar-refractivity contribution >= 4 is 32.7 Å². The molecule has 2 N–H and O–H groups in total. The zero-order valence-corrected chi connectivity index (χ0v) is 16.8. The van der Waals surface area contributed by atoms with Crippen LogP contribution in [-0.2, 0) is 0 Å². The lowest BCUT2D eigenvalue weighted by Gasteiger charge is -2.40. The van der Waals surface area contributed by atoms with Gasteiger partial charge in [-0.2, -0.15) is 0 Å². The normalized spacial score (nSPS) is 18.2. The minimum atomic E-state index is -0.204. The van der Waals surface area contributed by atoms with Crippen LogP contribution in [0.25, 0.3) is 10.2 Å². The second-order valence-corrected chi connectivity index (χ2v) is 8.12. The second-order valence-electron chi connectivity index (χ2n) is 7.09. The molecule has 1 saturated heterocycles. The molecule has 1 atom stereocenters. The summed E-state index contributed by atoms with van der Waals surface area (Å²) in [4.78, 5) is 21.5. The van der Waals surface area contributed by atoms with Crippen LogP contribution in [0.15, 0.2) is 54.6 Å². The number of carbonyl (C=O) groups excluding carboxylic acids is 1. The number of nitrogens with one attached hydrogen (secondary N) is 2. The molecule has 28 heavy (non-hydrogen) atoms. The number of piperazine rings is 1. The van der Waals surface area contributed by atoms with E-state index in [1.807, 2.05) is 30.3 Å². The lowest BCUT2D eigenvalue weighted by atomic mass is 10.0. The minimum absolute atomic E-state index is 0.204. The Morgan fingerprint density at radius 2 is 1.93 bits per heavy atom. The number of carbonyl (C=O) groups is 1. The number of hydrogen-bond donors (Lipinski definition) is 2. The summed E-state index contributed by atoms with van der Waals surface area (Å²) < 4.78 is 1.07. The van der Waals surface area contributed by atoms with E-state index in [2.05, 4.69) is 56.7 Å². The van der Waals surface area contributed by atoms with E-state index in [0.717, 1.165) is 36.4 Å². The van der Waals surface area contributed by atoms with Gasteiger partial charge in [0, 0.05) is 38.8 Å². The van der Waals surface area contributed by atoms with Gasteiger partial charge in [0.15, 0.2) is 5.13 Å². The molecule has 0 radical (unpaired) electrons. The predicted molar refractivity (Wildman–Crippen MR) is 115 cm³/mol. The molecule has 7 heteroatoms. The highest BCUT2D eigenvalue weighted by Crippen LogP contribution is 2.25. The number of fused-ring (bicyclic) bond motifs is 1. The topological polar surface area (TPSA) is 60.5 Å². The molecule has 0 saturated carbocycles. The van der Waals surface area contributed by atoms with E-state index in [0.29, 0.717) is 17.7 Å². The van der Waals surface area contributed by atoms with E-state index < -0.39 is 0 Å². The summed E-state index contributed by atoms with van der Waals surface area (Å²) in [7, 11) is 2.16. The van der Waals surface area contributed by atoms with Crippen molar-refractivity contribution in [3.05, 3.63) is 60.2 Å². The molecule has 4 rings (SSSR count). The number of para-hydroxylation sites is 1. The summed E-state index contributed by atoms with van der Waals surface area (Å²) >= 11 is 1.49. The molecule has 146 valence electrons. The molecule has 1 aliphatic rings. The molecule has 1 unspecified atom stereocenters. The van der Waals surface area contributed by atoms with E-state index in [-0.39, 0.29) is 6.03 Å². The third kappa shape index (κ3) is 4.49. The fourth-order valence-electron chi connectivity index (χ4n) is 3.60. The zero-order valence-electron chi connectivity index (χ0n) is 16.0. The number of amides is 2. The number of nitrogens with zero attached hydrogens (tertiary/aromatic N) is 3. The van der Waals surface area contributed by atoms with Crippen LogP contribution in [-0.4, -0.2) is 60.6 Å². The first-order valence-corrected chi connectivity index (χ1v) is 10.4. The monoisotopic (exact) mass is 395 g/mol. The number of benzene rings is 2. The lowest BCUT2D eigenvalue weighted by molar-refractivity contribution is 0.0913. The average Bonchev–Trinajstić information content (AvgIpc) is 3.12. The fourth-order valence-corrected chi connectivity index (χ4v) is 4.46. The molecule has 0 bridgehead atoms. The molecule has 1 aliphatic heterocycles. The summed E-state index contributed by atoms with van der Waals surface area (Å²) in [6.45, 7) is 4.46. The molecule has 2 amide bonds. The Bertz CT molecular complexity index is 896. The summed E-state index contributed by atoms with van der Waals surface area (Å²) in [6, 6.07) is 18.6. The lowest BCUT2D eigenvalue weighted by Crippen LogP contribution is -2.49. The average molecular weight is 396 g/mol. The Hall–Kier alpha value is -2.48. The molecule has 1 aromatic heterocycles. The first-order valence-electron chi connectivity index (χ1n) is 9.57. The molecular formula is C21H25N5OS. The molecule has 2 heterocycles. The van der Waals surface area contributed by atoms with Crippen LogP contribution in [0.2, 0.25) is 0 Å². The van der Waals surface area contributed by atoms with Crippen molar-refractivity contribution in [1.82, 2.24) is 20.1 Å². The van der Waals surface area contributed by atoms with E-state index >= 15 is 0 Å². The molecule has 6 nitrogen and oxygen atoms in total. The number of thiazole rings is 1. The summed E-state index contributed by atoms with van der Waals surface area (Å²) in [5.74, 6) is 0. The Kier molecular flexibility index (Phi) is 5.85. The standard InChI is InChI=1S/C21H25N5OS/c1-25-13-14-26(18(15-25)16-7-3-2-4-8-16)12-11-22-20(27)24-21-23-17-9-5-6-10-19(17)28-21/h2-10,18H,11-15H2,1H3,(H2,22,23,24,27). The van der Waals surface area contributed by atoms with Crippen molar-refractivity contribution in [3.63, 3.8) is 0 Å². The van der Waals surface area contributed by atoms with Crippen molar-refractivity contribution in [3.8, 4) is 0 Å². The highest BCUT2D eigenvalue weighted by molar-refractivity contribution is 7.22. The molecule has 2 aromatic carbocycles. The van der Waals surface area contributed by atoms with Crippen LogP contribution in [0.5, 0.6) is 0 Å². The maximum absolute atomic E-state index is 12.3. The Morgan fingerprint density at radius 1 is 1.14 bits per heavy atom. The highest BCUT2D eigenvalue weighted by Gasteiger charge is 2.26. The summed E-state index contributed by atoms with van der Waals surface area (Å²) in [5, 5.41) is 6.44. The molecular weight excluding hydrogens is 370 g/mol. The number of anilines is 1. The highest BCUT2D eigenvalue weighted by atomic mass is 32.1. The van der Waals surface area contributed by atoms with Gasteiger partial charge in [-0.3, -0.25) is 10.2 Å².